The van der Waals surface area contributed by atoms with Gasteiger partial charge in [0.15, 0.2) is 11.6 Å². The molecule has 0 heterocycles. The van der Waals surface area contributed by atoms with Crippen molar-refractivity contribution in [3.8, 4) is 11.1 Å². The Hall–Kier alpha value is -2.69. The molecule has 5 heteroatoms. The van der Waals surface area contributed by atoms with Crippen molar-refractivity contribution < 1.29 is 22.0 Å². The van der Waals surface area contributed by atoms with E-state index in [9.17, 15) is 17.6 Å². The van der Waals surface area contributed by atoms with Crippen molar-refractivity contribution in [1.29, 1.82) is 0 Å². The summed E-state index contributed by atoms with van der Waals surface area (Å²) < 4.78 is 72.6. The van der Waals surface area contributed by atoms with E-state index in [0.29, 0.717) is 36.0 Å². The summed E-state index contributed by atoms with van der Waals surface area (Å²) in [6.45, 7) is 2.07. The largest absolute Gasteiger partial charge is 0.207 e. The van der Waals surface area contributed by atoms with Crippen LogP contribution in [0.25, 0.3) is 11.1 Å². The Morgan fingerprint density at radius 1 is 0.812 bits per heavy atom. The van der Waals surface area contributed by atoms with Crippen LogP contribution in [0.1, 0.15) is 60.8 Å². The summed E-state index contributed by atoms with van der Waals surface area (Å²) >= 11 is 0. The van der Waals surface area contributed by atoms with Gasteiger partial charge in [-0.05, 0) is 72.9 Å². The molecule has 1 aliphatic rings. The first kappa shape index (κ1) is 22.5. The van der Waals surface area contributed by atoms with Gasteiger partial charge in [0.05, 0.1) is 0 Å². The summed E-state index contributed by atoms with van der Waals surface area (Å²) in [5.41, 5.74) is 1.61. The minimum Gasteiger partial charge on any atom is -0.207 e. The molecule has 1 aliphatic carbocycles. The van der Waals surface area contributed by atoms with Crippen LogP contribution in [0.15, 0.2) is 42.5 Å². The standard InChI is InChI=1S/C27H25F5/c1-2-3-4-6-16-13-23(29)25(24(30)14-16)18-10-11-19-17(15-18)9-12-21(26(19)31)20-7-5-8-22(28)27(20)32/h5,7-9,12-14,18H,2-4,6,10-11,15H2,1H3. The highest BCUT2D eigenvalue weighted by Gasteiger charge is 2.29. The maximum absolute atomic E-state index is 15.2. The first-order chi connectivity index (χ1) is 15.4. The fraction of sp³-hybridized carbons (Fsp3) is 0.333. The fourth-order valence-corrected chi connectivity index (χ4v) is 4.73. The number of hydrogen-bond acceptors (Lipinski definition) is 0. The van der Waals surface area contributed by atoms with Crippen LogP contribution in [0.2, 0.25) is 0 Å². The van der Waals surface area contributed by atoms with Crippen molar-refractivity contribution >= 4 is 0 Å². The van der Waals surface area contributed by atoms with Crippen LogP contribution >= 0.6 is 0 Å². The highest BCUT2D eigenvalue weighted by Crippen LogP contribution is 2.39. The molecular formula is C27H25F5. The third-order valence-electron chi connectivity index (χ3n) is 6.41. The predicted molar refractivity (Wildman–Crippen MR) is 116 cm³/mol. The second kappa shape index (κ2) is 9.43. The van der Waals surface area contributed by atoms with Crippen LogP contribution in [0.5, 0.6) is 0 Å². The molecule has 1 unspecified atom stereocenters. The van der Waals surface area contributed by atoms with E-state index in [-0.39, 0.29) is 23.1 Å². The van der Waals surface area contributed by atoms with Gasteiger partial charge < -0.3 is 0 Å². The Morgan fingerprint density at radius 3 is 2.25 bits per heavy atom. The SMILES string of the molecule is CCCCCc1cc(F)c(C2CCc3c(ccc(-c4cccc(F)c4F)c3F)C2)c(F)c1. The minimum absolute atomic E-state index is 0.00649. The second-order valence-corrected chi connectivity index (χ2v) is 8.54. The first-order valence-corrected chi connectivity index (χ1v) is 11.1. The Labute approximate surface area is 185 Å². The number of benzene rings is 3. The molecule has 1 atom stereocenters. The maximum atomic E-state index is 15.2. The molecule has 3 aromatic carbocycles. The molecule has 0 fully saturated rings. The average molecular weight is 444 g/mol. The molecule has 3 aromatic rings. The zero-order valence-corrected chi connectivity index (χ0v) is 18.0. The van der Waals surface area contributed by atoms with Crippen LogP contribution in [-0.2, 0) is 19.3 Å². The molecule has 0 spiro atoms. The van der Waals surface area contributed by atoms with Crippen LogP contribution in [0, 0.1) is 29.1 Å². The third kappa shape index (κ3) is 4.30. The van der Waals surface area contributed by atoms with Crippen molar-refractivity contribution in [3.63, 3.8) is 0 Å². The molecule has 0 nitrogen and oxygen atoms in total. The Bertz CT molecular complexity index is 1110. The van der Waals surface area contributed by atoms with Gasteiger partial charge in [0, 0.05) is 16.7 Å². The van der Waals surface area contributed by atoms with E-state index in [1.807, 2.05) is 0 Å². The second-order valence-electron chi connectivity index (χ2n) is 8.54. The molecule has 0 radical (unpaired) electrons. The minimum atomic E-state index is -1.09. The summed E-state index contributed by atoms with van der Waals surface area (Å²) in [6.07, 6.45) is 4.52. The Balaban J connectivity index is 1.61. The number of fused-ring (bicyclic) bond motifs is 1. The van der Waals surface area contributed by atoms with Gasteiger partial charge >= 0.3 is 0 Å². The van der Waals surface area contributed by atoms with Crippen LogP contribution in [0.3, 0.4) is 0 Å². The first-order valence-electron chi connectivity index (χ1n) is 11.1. The fourth-order valence-electron chi connectivity index (χ4n) is 4.73. The van der Waals surface area contributed by atoms with Crippen LogP contribution < -0.4 is 0 Å². The van der Waals surface area contributed by atoms with Crippen molar-refractivity contribution in [2.24, 2.45) is 0 Å². The van der Waals surface area contributed by atoms with Gasteiger partial charge in [-0.3, -0.25) is 0 Å². The van der Waals surface area contributed by atoms with E-state index < -0.39 is 35.0 Å². The van der Waals surface area contributed by atoms with Crippen molar-refractivity contribution in [2.75, 3.05) is 0 Å². The maximum Gasteiger partial charge on any atom is 0.166 e. The predicted octanol–water partition coefficient (Wildman–Crippen LogP) is 8.05. The summed E-state index contributed by atoms with van der Waals surface area (Å²) in [4.78, 5) is 0. The van der Waals surface area contributed by atoms with E-state index in [1.165, 1.54) is 30.3 Å². The highest BCUT2D eigenvalue weighted by molar-refractivity contribution is 5.67. The molecular weight excluding hydrogens is 419 g/mol. The van der Waals surface area contributed by atoms with E-state index in [4.69, 9.17) is 0 Å². The van der Waals surface area contributed by atoms with Crippen LogP contribution in [0.4, 0.5) is 22.0 Å². The molecule has 0 saturated carbocycles. The van der Waals surface area contributed by atoms with E-state index in [0.717, 1.165) is 25.3 Å². The molecule has 32 heavy (non-hydrogen) atoms. The van der Waals surface area contributed by atoms with E-state index in [2.05, 4.69) is 6.92 Å². The molecule has 0 amide bonds. The highest BCUT2D eigenvalue weighted by atomic mass is 19.2. The van der Waals surface area contributed by atoms with E-state index in [1.54, 1.807) is 6.07 Å². The van der Waals surface area contributed by atoms with Crippen molar-refractivity contribution in [3.05, 3.63) is 93.8 Å². The van der Waals surface area contributed by atoms with Gasteiger partial charge in [-0.1, -0.05) is 44.0 Å². The summed E-state index contributed by atoms with van der Waals surface area (Å²) in [5, 5.41) is 0. The number of rotatable bonds is 6. The number of hydrogen-bond donors (Lipinski definition) is 0. The summed E-state index contributed by atoms with van der Waals surface area (Å²) in [6, 6.07) is 9.55. The lowest BCUT2D eigenvalue weighted by atomic mass is 9.78. The van der Waals surface area contributed by atoms with Crippen molar-refractivity contribution in [1.82, 2.24) is 0 Å². The van der Waals surface area contributed by atoms with Gasteiger partial charge in [-0.2, -0.15) is 0 Å². The molecule has 0 N–H and O–H groups in total. The van der Waals surface area contributed by atoms with Crippen LogP contribution in [-0.4, -0.2) is 0 Å². The normalized spacial score (nSPS) is 15.6. The molecule has 0 bridgehead atoms. The van der Waals surface area contributed by atoms with Gasteiger partial charge in [0.2, 0.25) is 0 Å². The summed E-state index contributed by atoms with van der Waals surface area (Å²) in [5.74, 6) is -4.24. The zero-order chi connectivity index (χ0) is 22.8. The van der Waals surface area contributed by atoms with Gasteiger partial charge in [0.25, 0.3) is 0 Å². The quantitative estimate of drug-likeness (QED) is 0.266. The Kier molecular flexibility index (Phi) is 6.63. The lowest BCUT2D eigenvalue weighted by Crippen LogP contribution is -2.17. The monoisotopic (exact) mass is 444 g/mol. The molecule has 0 aromatic heterocycles. The number of aryl methyl sites for hydroxylation is 1. The lowest BCUT2D eigenvalue weighted by Gasteiger charge is -2.27. The summed E-state index contributed by atoms with van der Waals surface area (Å²) in [7, 11) is 0. The molecule has 168 valence electrons. The average Bonchev–Trinajstić information content (AvgIpc) is 2.76. The van der Waals surface area contributed by atoms with Crippen molar-refractivity contribution in [2.45, 2.75) is 57.8 Å². The molecule has 0 aliphatic heterocycles. The molecule has 0 saturated heterocycles. The van der Waals surface area contributed by atoms with E-state index >= 15 is 4.39 Å². The number of halogens is 5. The van der Waals surface area contributed by atoms with Gasteiger partial charge in [0.1, 0.15) is 17.5 Å². The third-order valence-corrected chi connectivity index (χ3v) is 6.41. The van der Waals surface area contributed by atoms with Gasteiger partial charge in [-0.15, -0.1) is 0 Å². The van der Waals surface area contributed by atoms with Gasteiger partial charge in [-0.25, -0.2) is 22.0 Å². The molecule has 4 rings (SSSR count). The Morgan fingerprint density at radius 2 is 1.53 bits per heavy atom. The topological polar surface area (TPSA) is 0 Å². The smallest absolute Gasteiger partial charge is 0.166 e. The lowest BCUT2D eigenvalue weighted by molar-refractivity contribution is 0.480. The zero-order valence-electron chi connectivity index (χ0n) is 18.0. The number of unbranched alkanes of at least 4 members (excludes halogenated alkanes) is 2.